The number of para-hydroxylation sites is 1. The van der Waals surface area contributed by atoms with Gasteiger partial charge in [0.2, 0.25) is 0 Å². The maximum atomic E-state index is 12.7. The molecule has 0 radical (unpaired) electrons. The summed E-state index contributed by atoms with van der Waals surface area (Å²) in [5.41, 5.74) is 14.3. The number of hydrogen-bond acceptors (Lipinski definition) is 4. The first kappa shape index (κ1) is 44.4. The van der Waals surface area contributed by atoms with Gasteiger partial charge >= 0.3 is 0 Å². The Hall–Kier alpha value is -7.76. The summed E-state index contributed by atoms with van der Waals surface area (Å²) in [6, 6.07) is 56.6. The third-order valence-corrected chi connectivity index (χ3v) is 14.9. The van der Waals surface area contributed by atoms with Crippen molar-refractivity contribution >= 4 is 76.2 Å². The van der Waals surface area contributed by atoms with Crippen molar-refractivity contribution < 1.29 is 9.52 Å². The van der Waals surface area contributed by atoms with Crippen LogP contribution in [0.15, 0.2) is 162 Å². The number of fused-ring (bicyclic) bond motifs is 13. The highest BCUT2D eigenvalue weighted by molar-refractivity contribution is 6.36. The second-order valence-corrected chi connectivity index (χ2v) is 22.3. The maximum Gasteiger partial charge on any atom is 0.149 e. The minimum Gasteiger partial charge on any atom is -0.507 e. The fourth-order valence-electron chi connectivity index (χ4n) is 11.2. The standard InChI is InChI=1S/C66H59N3O2/c1-37(2)49-33-41(39-19-12-11-13-20-39)34-50(38(3)4)62(49)69-54-26-18-25-47(61(54)68-64(69)51-35-42(65(5,6)7)36-52(63(51)70)66(8,9)10)53-30-28-46-44-23-16-17-24-45(44)57-48(60(46)67-53)29-32-56-59(57)58-43-22-15-14-21-40(43)27-31-55(58)71-56/h11-38,70H,1-10H3. The third kappa shape index (κ3) is 7.03. The summed E-state index contributed by atoms with van der Waals surface area (Å²) in [6.45, 7) is 22.4. The number of rotatable bonds is 6. The van der Waals surface area contributed by atoms with Gasteiger partial charge in [0, 0.05) is 38.1 Å². The molecule has 71 heavy (non-hydrogen) atoms. The fourth-order valence-corrected chi connectivity index (χ4v) is 11.2. The summed E-state index contributed by atoms with van der Waals surface area (Å²) >= 11 is 0. The predicted octanol–water partition coefficient (Wildman–Crippen LogP) is 18.5. The van der Waals surface area contributed by atoms with Crippen LogP contribution in [0.4, 0.5) is 0 Å². The van der Waals surface area contributed by atoms with E-state index in [1.165, 1.54) is 38.4 Å². The number of aromatic nitrogens is 3. The van der Waals surface area contributed by atoms with E-state index in [1.54, 1.807) is 0 Å². The molecule has 0 bridgehead atoms. The van der Waals surface area contributed by atoms with Gasteiger partial charge in [0.15, 0.2) is 0 Å². The number of benzene rings is 9. The van der Waals surface area contributed by atoms with Gasteiger partial charge in [-0.15, -0.1) is 0 Å². The van der Waals surface area contributed by atoms with Crippen LogP contribution >= 0.6 is 0 Å². The zero-order valence-electron chi connectivity index (χ0n) is 42.4. The Bertz CT molecular complexity index is 4110. The van der Waals surface area contributed by atoms with E-state index >= 15 is 0 Å². The van der Waals surface area contributed by atoms with E-state index in [1.807, 2.05) is 0 Å². The number of furan rings is 1. The molecule has 0 unspecified atom stereocenters. The van der Waals surface area contributed by atoms with Gasteiger partial charge in [-0.3, -0.25) is 4.57 Å². The summed E-state index contributed by atoms with van der Waals surface area (Å²) in [4.78, 5) is 11.5. The number of aromatic hydroxyl groups is 1. The van der Waals surface area contributed by atoms with Crippen molar-refractivity contribution in [1.29, 1.82) is 0 Å². The minimum absolute atomic E-state index is 0.168. The number of pyridine rings is 1. The van der Waals surface area contributed by atoms with Crippen LogP contribution in [0.2, 0.25) is 0 Å². The lowest BCUT2D eigenvalue weighted by Crippen LogP contribution is -2.17. The van der Waals surface area contributed by atoms with Crippen molar-refractivity contribution in [2.75, 3.05) is 0 Å². The first-order valence-corrected chi connectivity index (χ1v) is 25.2. The molecule has 12 rings (SSSR count). The van der Waals surface area contributed by atoms with Gasteiger partial charge in [-0.25, -0.2) is 9.97 Å². The van der Waals surface area contributed by atoms with Gasteiger partial charge in [-0.1, -0.05) is 172 Å². The summed E-state index contributed by atoms with van der Waals surface area (Å²) in [5.74, 6) is 1.30. The van der Waals surface area contributed by atoms with Crippen molar-refractivity contribution in [3.05, 3.63) is 180 Å². The molecule has 0 saturated heterocycles. The lowest BCUT2D eigenvalue weighted by molar-refractivity contribution is 0.446. The number of imidazole rings is 1. The SMILES string of the molecule is CC(C)c1cc(-c2ccccc2)cc(C(C)C)c1-n1c(-c2cc(C(C)(C)C)cc(C(C)(C)C)c2O)nc2c(-c3ccc4c5ccccc5c5c(ccc6oc7ccc8ccccc8c7c65)c4n3)cccc21. The van der Waals surface area contributed by atoms with Crippen molar-refractivity contribution in [3.8, 4) is 45.2 Å². The fraction of sp³-hybridized carbons (Fsp3) is 0.212. The largest absolute Gasteiger partial charge is 0.507 e. The van der Waals surface area contributed by atoms with Gasteiger partial charge in [0.05, 0.1) is 33.5 Å². The number of phenolic OH excluding ortho intramolecular Hbond substituents is 1. The number of hydrogen-bond donors (Lipinski definition) is 1. The molecule has 0 fully saturated rings. The van der Waals surface area contributed by atoms with Crippen LogP contribution in [0, 0.1) is 0 Å². The molecule has 350 valence electrons. The number of phenols is 1. The molecule has 0 amide bonds. The summed E-state index contributed by atoms with van der Waals surface area (Å²) in [5, 5.41) is 22.9. The van der Waals surface area contributed by atoms with Crippen molar-refractivity contribution in [1.82, 2.24) is 14.5 Å². The Labute approximate surface area is 415 Å². The second-order valence-electron chi connectivity index (χ2n) is 22.3. The molecular formula is C66H59N3O2. The number of nitrogens with zero attached hydrogens (tertiary/aromatic N) is 3. The van der Waals surface area contributed by atoms with Crippen molar-refractivity contribution in [3.63, 3.8) is 0 Å². The molecule has 3 aromatic heterocycles. The zero-order chi connectivity index (χ0) is 49.2. The molecule has 9 aromatic carbocycles. The van der Waals surface area contributed by atoms with Crippen LogP contribution in [0.25, 0.3) is 116 Å². The van der Waals surface area contributed by atoms with Gasteiger partial charge < -0.3 is 9.52 Å². The summed E-state index contributed by atoms with van der Waals surface area (Å²) in [7, 11) is 0. The first-order chi connectivity index (χ1) is 34.1. The van der Waals surface area contributed by atoms with Crippen LogP contribution in [0.3, 0.4) is 0 Å². The van der Waals surface area contributed by atoms with E-state index in [0.717, 1.165) is 88.1 Å². The quantitative estimate of drug-likeness (QED) is 0.169. The Kier molecular flexibility index (Phi) is 10.1. The van der Waals surface area contributed by atoms with Crippen molar-refractivity contribution in [2.24, 2.45) is 0 Å². The van der Waals surface area contributed by atoms with E-state index in [4.69, 9.17) is 14.4 Å². The molecule has 0 spiro atoms. The molecule has 1 N–H and O–H groups in total. The molecule has 3 heterocycles. The molecule has 0 aliphatic heterocycles. The van der Waals surface area contributed by atoms with E-state index < -0.39 is 0 Å². The average molecular weight is 926 g/mol. The van der Waals surface area contributed by atoms with Gasteiger partial charge in [0.25, 0.3) is 0 Å². The van der Waals surface area contributed by atoms with E-state index in [-0.39, 0.29) is 28.4 Å². The summed E-state index contributed by atoms with van der Waals surface area (Å²) < 4.78 is 9.01. The van der Waals surface area contributed by atoms with Gasteiger partial charge in [-0.2, -0.15) is 0 Å². The van der Waals surface area contributed by atoms with Crippen LogP contribution in [0.5, 0.6) is 5.75 Å². The molecule has 12 aromatic rings. The normalized spacial score (nSPS) is 12.7. The Morgan fingerprint density at radius 2 is 1.14 bits per heavy atom. The van der Waals surface area contributed by atoms with Crippen LogP contribution in [-0.4, -0.2) is 19.6 Å². The Balaban J connectivity index is 1.19. The van der Waals surface area contributed by atoms with Gasteiger partial charge in [0.1, 0.15) is 22.7 Å². The molecular weight excluding hydrogens is 867 g/mol. The first-order valence-electron chi connectivity index (χ1n) is 25.2. The Morgan fingerprint density at radius 1 is 0.493 bits per heavy atom. The topological polar surface area (TPSA) is 64.1 Å². The van der Waals surface area contributed by atoms with E-state index in [0.29, 0.717) is 11.4 Å². The van der Waals surface area contributed by atoms with Crippen LogP contribution in [0.1, 0.15) is 103 Å². The zero-order valence-corrected chi connectivity index (χ0v) is 42.4. The van der Waals surface area contributed by atoms with Gasteiger partial charge in [-0.05, 0) is 127 Å². The smallest absolute Gasteiger partial charge is 0.149 e. The average Bonchev–Trinajstić information content (AvgIpc) is 3.94. The molecule has 0 aliphatic carbocycles. The lowest BCUT2D eigenvalue weighted by Gasteiger charge is -2.28. The van der Waals surface area contributed by atoms with Crippen LogP contribution < -0.4 is 0 Å². The highest BCUT2D eigenvalue weighted by atomic mass is 16.3. The highest BCUT2D eigenvalue weighted by Gasteiger charge is 2.31. The molecule has 0 saturated carbocycles. The molecule has 0 aliphatic rings. The van der Waals surface area contributed by atoms with E-state index in [2.05, 4.69) is 232 Å². The minimum atomic E-state index is -0.338. The third-order valence-electron chi connectivity index (χ3n) is 14.9. The molecule has 5 heteroatoms. The molecule has 0 atom stereocenters. The molecule has 5 nitrogen and oxygen atoms in total. The monoisotopic (exact) mass is 925 g/mol. The lowest BCUT2D eigenvalue weighted by atomic mass is 9.78. The van der Waals surface area contributed by atoms with Crippen molar-refractivity contribution in [2.45, 2.75) is 91.9 Å². The van der Waals surface area contributed by atoms with Crippen LogP contribution in [-0.2, 0) is 10.8 Å². The Morgan fingerprint density at radius 3 is 1.85 bits per heavy atom. The maximum absolute atomic E-state index is 12.7. The summed E-state index contributed by atoms with van der Waals surface area (Å²) in [6.07, 6.45) is 0. The predicted molar refractivity (Wildman–Crippen MR) is 300 cm³/mol. The highest BCUT2D eigenvalue weighted by Crippen LogP contribution is 2.48. The van der Waals surface area contributed by atoms with E-state index in [9.17, 15) is 5.11 Å². The second kappa shape index (κ2) is 16.1.